The SMILES string of the molecule is COc1cc(Br)cc2cnc(=O)[nH]c12. The molecule has 72 valence electrons. The molecule has 0 saturated heterocycles. The fourth-order valence-corrected chi connectivity index (χ4v) is 1.72. The summed E-state index contributed by atoms with van der Waals surface area (Å²) < 4.78 is 6.02. The fraction of sp³-hybridized carbons (Fsp3) is 0.111. The summed E-state index contributed by atoms with van der Waals surface area (Å²) in [5.41, 5.74) is 0.286. The van der Waals surface area contributed by atoms with Crippen molar-refractivity contribution < 1.29 is 4.74 Å². The molecule has 4 nitrogen and oxygen atoms in total. The van der Waals surface area contributed by atoms with Crippen molar-refractivity contribution in [2.24, 2.45) is 0 Å². The molecule has 5 heteroatoms. The number of fused-ring (bicyclic) bond motifs is 1. The molecule has 1 aromatic carbocycles. The summed E-state index contributed by atoms with van der Waals surface area (Å²) in [5.74, 6) is 0.619. The number of aromatic amines is 1. The second kappa shape index (κ2) is 3.42. The van der Waals surface area contributed by atoms with Gasteiger partial charge in [0.2, 0.25) is 0 Å². The first kappa shape index (κ1) is 9.21. The third-order valence-corrected chi connectivity index (χ3v) is 2.33. The predicted molar refractivity (Wildman–Crippen MR) is 56.6 cm³/mol. The van der Waals surface area contributed by atoms with Crippen LogP contribution in [-0.4, -0.2) is 17.1 Å². The Bertz CT molecular complexity index is 536. The molecule has 1 aromatic heterocycles. The number of benzene rings is 1. The summed E-state index contributed by atoms with van der Waals surface area (Å²) in [4.78, 5) is 17.3. The standard InChI is InChI=1S/C9H7BrN2O2/c1-14-7-3-6(10)2-5-4-11-9(13)12-8(5)7/h2-4H,1H3,(H,11,12,13). The summed E-state index contributed by atoms with van der Waals surface area (Å²) in [6, 6.07) is 3.65. The first-order valence-electron chi connectivity index (χ1n) is 3.93. The van der Waals surface area contributed by atoms with Crippen LogP contribution in [0.4, 0.5) is 0 Å². The maximum Gasteiger partial charge on any atom is 0.345 e. The van der Waals surface area contributed by atoms with Crippen molar-refractivity contribution in [3.63, 3.8) is 0 Å². The van der Waals surface area contributed by atoms with Crippen LogP contribution >= 0.6 is 15.9 Å². The van der Waals surface area contributed by atoms with Gasteiger partial charge >= 0.3 is 5.69 Å². The number of rotatable bonds is 1. The molecule has 0 spiro atoms. The van der Waals surface area contributed by atoms with Crippen molar-refractivity contribution in [1.82, 2.24) is 9.97 Å². The number of nitrogens with one attached hydrogen (secondary N) is 1. The molecule has 0 aliphatic carbocycles. The maximum atomic E-state index is 11.0. The van der Waals surface area contributed by atoms with Crippen LogP contribution < -0.4 is 10.4 Å². The second-order valence-electron chi connectivity index (χ2n) is 2.76. The maximum absolute atomic E-state index is 11.0. The Morgan fingerprint density at radius 3 is 3.00 bits per heavy atom. The van der Waals surface area contributed by atoms with Gasteiger partial charge in [-0.25, -0.2) is 9.78 Å². The third kappa shape index (κ3) is 1.50. The van der Waals surface area contributed by atoms with Gasteiger partial charge in [-0.3, -0.25) is 0 Å². The normalized spacial score (nSPS) is 10.4. The molecule has 2 aromatic rings. The molecular weight excluding hydrogens is 248 g/mol. The number of ether oxygens (including phenoxy) is 1. The van der Waals surface area contributed by atoms with Crippen LogP contribution in [0.25, 0.3) is 10.9 Å². The number of halogens is 1. The molecule has 0 fully saturated rings. The minimum Gasteiger partial charge on any atom is -0.495 e. The van der Waals surface area contributed by atoms with E-state index >= 15 is 0 Å². The summed E-state index contributed by atoms with van der Waals surface area (Å²) in [5, 5.41) is 0.829. The average molecular weight is 255 g/mol. The first-order valence-corrected chi connectivity index (χ1v) is 4.72. The molecule has 0 unspecified atom stereocenters. The summed E-state index contributed by atoms with van der Waals surface area (Å²) in [7, 11) is 1.56. The van der Waals surface area contributed by atoms with Gasteiger partial charge in [0, 0.05) is 16.1 Å². The van der Waals surface area contributed by atoms with Crippen molar-refractivity contribution in [1.29, 1.82) is 0 Å². The first-order chi connectivity index (χ1) is 6.70. The zero-order valence-electron chi connectivity index (χ0n) is 7.37. The summed E-state index contributed by atoms with van der Waals surface area (Å²) >= 11 is 3.34. The Hall–Kier alpha value is -1.36. The Morgan fingerprint density at radius 2 is 2.29 bits per heavy atom. The van der Waals surface area contributed by atoms with E-state index in [1.807, 2.05) is 6.07 Å². The molecular formula is C9H7BrN2O2. The third-order valence-electron chi connectivity index (χ3n) is 1.87. The quantitative estimate of drug-likeness (QED) is 0.843. The fourth-order valence-electron chi connectivity index (χ4n) is 1.27. The second-order valence-corrected chi connectivity index (χ2v) is 3.68. The van der Waals surface area contributed by atoms with E-state index in [4.69, 9.17) is 4.74 Å². The Balaban J connectivity index is 2.88. The van der Waals surface area contributed by atoms with E-state index < -0.39 is 0 Å². The lowest BCUT2D eigenvalue weighted by Gasteiger charge is -2.04. The van der Waals surface area contributed by atoms with Gasteiger partial charge in [-0.2, -0.15) is 0 Å². The van der Waals surface area contributed by atoms with Gasteiger partial charge in [0.25, 0.3) is 0 Å². The van der Waals surface area contributed by atoms with E-state index in [2.05, 4.69) is 25.9 Å². The molecule has 0 atom stereocenters. The van der Waals surface area contributed by atoms with Crippen LogP contribution in [-0.2, 0) is 0 Å². The van der Waals surface area contributed by atoms with E-state index in [-0.39, 0.29) is 5.69 Å². The minimum atomic E-state index is -0.377. The highest BCUT2D eigenvalue weighted by molar-refractivity contribution is 9.10. The van der Waals surface area contributed by atoms with Crippen LogP contribution in [0, 0.1) is 0 Å². The highest BCUT2D eigenvalue weighted by Gasteiger charge is 2.04. The van der Waals surface area contributed by atoms with Crippen molar-refractivity contribution in [3.8, 4) is 5.75 Å². The van der Waals surface area contributed by atoms with Gasteiger partial charge in [0.15, 0.2) is 0 Å². The minimum absolute atomic E-state index is 0.377. The molecule has 2 rings (SSSR count). The van der Waals surface area contributed by atoms with Gasteiger partial charge in [-0.05, 0) is 12.1 Å². The Kier molecular flexibility index (Phi) is 2.25. The molecule has 0 amide bonds. The van der Waals surface area contributed by atoms with Gasteiger partial charge in [0.05, 0.1) is 12.6 Å². The molecule has 0 aliphatic rings. The molecule has 1 heterocycles. The van der Waals surface area contributed by atoms with Gasteiger partial charge < -0.3 is 9.72 Å². The number of nitrogens with zero attached hydrogens (tertiary/aromatic N) is 1. The number of hydrogen-bond donors (Lipinski definition) is 1. The van der Waals surface area contributed by atoms with Gasteiger partial charge in [0.1, 0.15) is 5.75 Å². The van der Waals surface area contributed by atoms with Crippen LogP contribution in [0.2, 0.25) is 0 Å². The lowest BCUT2D eigenvalue weighted by atomic mass is 10.2. The van der Waals surface area contributed by atoms with Crippen molar-refractivity contribution in [2.45, 2.75) is 0 Å². The summed E-state index contributed by atoms with van der Waals surface area (Å²) in [6.45, 7) is 0. The molecule has 1 N–H and O–H groups in total. The number of methoxy groups -OCH3 is 1. The molecule has 0 saturated carbocycles. The van der Waals surface area contributed by atoms with E-state index in [1.165, 1.54) is 6.20 Å². The van der Waals surface area contributed by atoms with Gasteiger partial charge in [-0.15, -0.1) is 0 Å². The number of aromatic nitrogens is 2. The van der Waals surface area contributed by atoms with E-state index in [0.717, 1.165) is 9.86 Å². The zero-order chi connectivity index (χ0) is 10.1. The molecule has 14 heavy (non-hydrogen) atoms. The monoisotopic (exact) mass is 254 g/mol. The van der Waals surface area contributed by atoms with E-state index in [9.17, 15) is 4.79 Å². The average Bonchev–Trinajstić information content (AvgIpc) is 2.17. The highest BCUT2D eigenvalue weighted by Crippen LogP contribution is 2.26. The van der Waals surface area contributed by atoms with Crippen molar-refractivity contribution >= 4 is 26.8 Å². The lowest BCUT2D eigenvalue weighted by Crippen LogP contribution is -2.09. The number of hydrogen-bond acceptors (Lipinski definition) is 3. The topological polar surface area (TPSA) is 55.0 Å². The summed E-state index contributed by atoms with van der Waals surface area (Å²) in [6.07, 6.45) is 1.52. The largest absolute Gasteiger partial charge is 0.495 e. The number of H-pyrrole nitrogens is 1. The van der Waals surface area contributed by atoms with Crippen molar-refractivity contribution in [3.05, 3.63) is 33.3 Å². The van der Waals surface area contributed by atoms with Crippen molar-refractivity contribution in [2.75, 3.05) is 7.11 Å². The predicted octanol–water partition coefficient (Wildman–Crippen LogP) is 1.69. The molecule has 0 radical (unpaired) electrons. The van der Waals surface area contributed by atoms with E-state index in [0.29, 0.717) is 11.3 Å². The Morgan fingerprint density at radius 1 is 1.50 bits per heavy atom. The van der Waals surface area contributed by atoms with Crippen LogP contribution in [0.15, 0.2) is 27.6 Å². The lowest BCUT2D eigenvalue weighted by molar-refractivity contribution is 0.418. The van der Waals surface area contributed by atoms with Crippen LogP contribution in [0.1, 0.15) is 0 Å². The highest BCUT2D eigenvalue weighted by atomic mass is 79.9. The van der Waals surface area contributed by atoms with Crippen LogP contribution in [0.3, 0.4) is 0 Å². The smallest absolute Gasteiger partial charge is 0.345 e. The molecule has 0 bridgehead atoms. The molecule has 0 aliphatic heterocycles. The van der Waals surface area contributed by atoms with E-state index in [1.54, 1.807) is 13.2 Å². The van der Waals surface area contributed by atoms with Crippen LogP contribution in [0.5, 0.6) is 5.75 Å². The zero-order valence-corrected chi connectivity index (χ0v) is 8.96. The van der Waals surface area contributed by atoms with Gasteiger partial charge in [-0.1, -0.05) is 15.9 Å². The Labute approximate surface area is 88.1 Å².